The first kappa shape index (κ1) is 15.9. The van der Waals surface area contributed by atoms with Gasteiger partial charge in [-0.3, -0.25) is 0 Å². The van der Waals surface area contributed by atoms with Crippen LogP contribution < -0.4 is 10.0 Å². The molecule has 2 N–H and O–H groups in total. The van der Waals surface area contributed by atoms with E-state index in [-0.39, 0.29) is 16.9 Å². The number of sulfonamides is 1. The number of rotatable bonds is 7. The summed E-state index contributed by atoms with van der Waals surface area (Å²) in [5.74, 6) is 0.936. The smallest absolute Gasteiger partial charge is 0.242 e. The van der Waals surface area contributed by atoms with Crippen molar-refractivity contribution in [2.75, 3.05) is 11.9 Å². The van der Waals surface area contributed by atoms with Gasteiger partial charge in [0.25, 0.3) is 0 Å². The van der Waals surface area contributed by atoms with Gasteiger partial charge in [-0.2, -0.15) is 0 Å². The second-order valence-electron chi connectivity index (χ2n) is 4.96. The van der Waals surface area contributed by atoms with Crippen LogP contribution in [0.25, 0.3) is 0 Å². The van der Waals surface area contributed by atoms with Gasteiger partial charge in [-0.25, -0.2) is 18.1 Å². The molecule has 0 spiro atoms. The summed E-state index contributed by atoms with van der Waals surface area (Å²) in [5, 5.41) is 3.11. The first-order valence-corrected chi connectivity index (χ1v) is 8.07. The van der Waals surface area contributed by atoms with Gasteiger partial charge in [-0.15, -0.1) is 0 Å². The largest absolute Gasteiger partial charge is 0.370 e. The molecule has 0 aliphatic heterocycles. The Morgan fingerprint density at radius 1 is 1.26 bits per heavy atom. The highest BCUT2D eigenvalue weighted by molar-refractivity contribution is 7.89. The van der Waals surface area contributed by atoms with Gasteiger partial charge in [0.2, 0.25) is 10.0 Å². The highest BCUT2D eigenvalue weighted by Crippen LogP contribution is 2.12. The molecule has 0 fully saturated rings. The first-order chi connectivity index (χ1) is 8.86. The Morgan fingerprint density at radius 2 is 1.95 bits per heavy atom. The summed E-state index contributed by atoms with van der Waals surface area (Å²) in [5.41, 5.74) is 0. The maximum atomic E-state index is 12.1. The predicted octanol–water partition coefficient (Wildman–Crippen LogP) is 2.23. The second-order valence-corrected chi connectivity index (χ2v) is 6.67. The molecule has 0 bridgehead atoms. The average molecular weight is 285 g/mol. The zero-order chi connectivity index (χ0) is 14.5. The maximum absolute atomic E-state index is 12.1. The topological polar surface area (TPSA) is 71.1 Å². The Hall–Kier alpha value is -1.14. The molecule has 0 saturated heterocycles. The molecule has 108 valence electrons. The van der Waals surface area contributed by atoms with E-state index in [1.807, 2.05) is 20.8 Å². The van der Waals surface area contributed by atoms with E-state index in [0.717, 1.165) is 13.0 Å². The minimum absolute atomic E-state index is 0.108. The summed E-state index contributed by atoms with van der Waals surface area (Å²) in [7, 11) is -3.48. The Bertz CT molecular complexity index is 483. The molecule has 0 saturated carbocycles. The molecule has 0 aliphatic carbocycles. The van der Waals surface area contributed by atoms with Crippen LogP contribution in [0.3, 0.4) is 0 Å². The molecule has 19 heavy (non-hydrogen) atoms. The molecule has 1 heterocycles. The fraction of sp³-hybridized carbons (Fsp3) is 0.615. The molecule has 0 radical (unpaired) electrons. The van der Waals surface area contributed by atoms with Crippen LogP contribution in [0.4, 0.5) is 5.82 Å². The lowest BCUT2D eigenvalue weighted by Gasteiger charge is -2.17. The van der Waals surface area contributed by atoms with Crippen molar-refractivity contribution in [1.29, 1.82) is 0 Å². The van der Waals surface area contributed by atoms with Gasteiger partial charge in [-0.05, 0) is 31.4 Å². The molecule has 0 aromatic carbocycles. The van der Waals surface area contributed by atoms with Crippen LogP contribution in [0.1, 0.15) is 34.1 Å². The number of aromatic nitrogens is 1. The molecule has 1 aromatic rings. The third kappa shape index (κ3) is 4.80. The normalized spacial score (nSPS) is 13.5. The molecular weight excluding hydrogens is 262 g/mol. The van der Waals surface area contributed by atoms with Crippen LogP contribution >= 0.6 is 0 Å². The molecule has 5 nitrogen and oxygen atoms in total. The summed E-state index contributed by atoms with van der Waals surface area (Å²) in [6.45, 7) is 8.68. The Kier molecular flexibility index (Phi) is 5.75. The lowest BCUT2D eigenvalue weighted by atomic mass is 10.1. The Balaban J connectivity index is 2.79. The van der Waals surface area contributed by atoms with Gasteiger partial charge < -0.3 is 5.32 Å². The summed E-state index contributed by atoms with van der Waals surface area (Å²) in [6.07, 6.45) is 2.38. The van der Waals surface area contributed by atoms with Gasteiger partial charge in [0, 0.05) is 18.8 Å². The van der Waals surface area contributed by atoms with Crippen molar-refractivity contribution in [3.8, 4) is 0 Å². The van der Waals surface area contributed by atoms with E-state index >= 15 is 0 Å². The van der Waals surface area contributed by atoms with Crippen molar-refractivity contribution >= 4 is 15.8 Å². The van der Waals surface area contributed by atoms with Crippen molar-refractivity contribution in [3.05, 3.63) is 18.3 Å². The number of nitrogens with one attached hydrogen (secondary N) is 2. The zero-order valence-corrected chi connectivity index (χ0v) is 12.8. The van der Waals surface area contributed by atoms with E-state index in [2.05, 4.69) is 21.9 Å². The van der Waals surface area contributed by atoms with Crippen molar-refractivity contribution in [2.24, 2.45) is 5.92 Å². The number of nitrogens with zero attached hydrogens (tertiary/aromatic N) is 1. The molecule has 1 unspecified atom stereocenters. The predicted molar refractivity (Wildman–Crippen MR) is 77.6 cm³/mol. The highest BCUT2D eigenvalue weighted by atomic mass is 32.2. The molecule has 0 amide bonds. The standard InChI is InChI=1S/C13H23N3O2S/c1-5-8-14-13-7-6-12(9-15-13)19(17,18)16-11(4)10(2)3/h6-7,9-11,16H,5,8H2,1-4H3,(H,14,15). The van der Waals surface area contributed by atoms with Crippen molar-refractivity contribution in [2.45, 2.75) is 45.1 Å². The molecule has 1 rings (SSSR count). The number of anilines is 1. The van der Waals surface area contributed by atoms with Crippen LogP contribution in [0.2, 0.25) is 0 Å². The van der Waals surface area contributed by atoms with Gasteiger partial charge in [-0.1, -0.05) is 20.8 Å². The summed E-state index contributed by atoms with van der Waals surface area (Å²) in [6, 6.07) is 3.15. The second kappa shape index (κ2) is 6.86. The third-order valence-electron chi connectivity index (χ3n) is 2.94. The number of pyridine rings is 1. The number of hydrogen-bond acceptors (Lipinski definition) is 4. The molecule has 6 heteroatoms. The minimum Gasteiger partial charge on any atom is -0.370 e. The van der Waals surface area contributed by atoms with E-state index < -0.39 is 10.0 Å². The molecule has 0 aliphatic rings. The summed E-state index contributed by atoms with van der Waals surface area (Å²) < 4.78 is 26.8. The van der Waals surface area contributed by atoms with Gasteiger partial charge in [0.15, 0.2) is 0 Å². The minimum atomic E-state index is -3.48. The van der Waals surface area contributed by atoms with Crippen LogP contribution in [-0.4, -0.2) is 26.0 Å². The van der Waals surface area contributed by atoms with E-state index in [4.69, 9.17) is 0 Å². The van der Waals surface area contributed by atoms with E-state index in [1.54, 1.807) is 12.1 Å². The van der Waals surface area contributed by atoms with E-state index in [9.17, 15) is 8.42 Å². The summed E-state index contributed by atoms with van der Waals surface area (Å²) in [4.78, 5) is 4.30. The van der Waals surface area contributed by atoms with E-state index in [1.165, 1.54) is 6.20 Å². The Labute approximate surface area is 115 Å². The van der Waals surface area contributed by atoms with Crippen LogP contribution in [0, 0.1) is 5.92 Å². The number of hydrogen-bond donors (Lipinski definition) is 2. The van der Waals surface area contributed by atoms with Crippen LogP contribution in [-0.2, 0) is 10.0 Å². The first-order valence-electron chi connectivity index (χ1n) is 6.59. The average Bonchev–Trinajstić information content (AvgIpc) is 2.36. The fourth-order valence-corrected chi connectivity index (χ4v) is 2.68. The van der Waals surface area contributed by atoms with Crippen LogP contribution in [0.5, 0.6) is 0 Å². The monoisotopic (exact) mass is 285 g/mol. The van der Waals surface area contributed by atoms with Gasteiger partial charge in [0.1, 0.15) is 10.7 Å². The molecule has 1 aromatic heterocycles. The van der Waals surface area contributed by atoms with Crippen LogP contribution in [0.15, 0.2) is 23.2 Å². The fourth-order valence-electron chi connectivity index (χ4n) is 1.35. The van der Waals surface area contributed by atoms with Crippen molar-refractivity contribution in [3.63, 3.8) is 0 Å². The zero-order valence-electron chi connectivity index (χ0n) is 12.0. The maximum Gasteiger partial charge on any atom is 0.242 e. The summed E-state index contributed by atoms with van der Waals surface area (Å²) >= 11 is 0. The Morgan fingerprint density at radius 3 is 2.42 bits per heavy atom. The van der Waals surface area contributed by atoms with Crippen molar-refractivity contribution in [1.82, 2.24) is 9.71 Å². The molecular formula is C13H23N3O2S. The SMILES string of the molecule is CCCNc1ccc(S(=O)(=O)NC(C)C(C)C)cn1. The quantitative estimate of drug-likeness (QED) is 0.806. The highest BCUT2D eigenvalue weighted by Gasteiger charge is 2.19. The molecule has 1 atom stereocenters. The third-order valence-corrected chi connectivity index (χ3v) is 4.49. The lowest BCUT2D eigenvalue weighted by Crippen LogP contribution is -2.36. The van der Waals surface area contributed by atoms with E-state index in [0.29, 0.717) is 5.82 Å². The van der Waals surface area contributed by atoms with Gasteiger partial charge in [0.05, 0.1) is 0 Å². The van der Waals surface area contributed by atoms with Gasteiger partial charge >= 0.3 is 0 Å². The van der Waals surface area contributed by atoms with Crippen molar-refractivity contribution < 1.29 is 8.42 Å². The lowest BCUT2D eigenvalue weighted by molar-refractivity contribution is 0.476.